The van der Waals surface area contributed by atoms with Crippen LogP contribution in [0, 0.1) is 0 Å². The molecule has 0 radical (unpaired) electrons. The maximum absolute atomic E-state index is 6.32. The number of hydrogen-bond donors (Lipinski definition) is 0. The molecule has 0 heterocycles. The van der Waals surface area contributed by atoms with E-state index in [4.69, 9.17) is 25.9 Å². The first-order valence-electron chi connectivity index (χ1n) is 8.79. The fraction of sp³-hybridized carbons (Fsp3) is 0.526. The first-order valence-corrected chi connectivity index (χ1v) is 11.5. The quantitative estimate of drug-likeness (QED) is 0.133. The van der Waals surface area contributed by atoms with Crippen molar-refractivity contribution in [3.05, 3.63) is 31.1 Å². The SMILES string of the molecule is CC(C)=NOCCCCCCCOc1c(Cl)cc(OCC=C(Br)Br)cc1Br. The van der Waals surface area contributed by atoms with Gasteiger partial charge >= 0.3 is 0 Å². The normalized spacial score (nSPS) is 10.3. The molecule has 0 fully saturated rings. The summed E-state index contributed by atoms with van der Waals surface area (Å²) in [4.78, 5) is 5.18. The Kier molecular flexibility index (Phi) is 13.5. The number of nitrogens with zero attached hydrogens (tertiary/aromatic N) is 1. The van der Waals surface area contributed by atoms with Crippen molar-refractivity contribution in [2.45, 2.75) is 46.0 Å². The van der Waals surface area contributed by atoms with E-state index in [2.05, 4.69) is 52.9 Å². The number of oxime groups is 1. The molecule has 0 amide bonds. The highest BCUT2D eigenvalue weighted by Gasteiger charge is 2.10. The zero-order valence-corrected chi connectivity index (χ0v) is 21.1. The van der Waals surface area contributed by atoms with Gasteiger partial charge in [0.1, 0.15) is 19.0 Å². The number of ether oxygens (including phenoxy) is 2. The zero-order valence-electron chi connectivity index (χ0n) is 15.6. The molecule has 0 atom stereocenters. The van der Waals surface area contributed by atoms with Crippen LogP contribution in [0.4, 0.5) is 0 Å². The summed E-state index contributed by atoms with van der Waals surface area (Å²) in [5.74, 6) is 1.34. The molecule has 0 spiro atoms. The van der Waals surface area contributed by atoms with Gasteiger partial charge in [-0.2, -0.15) is 0 Å². The number of benzene rings is 1. The Bertz CT molecular complexity index is 608. The third-order valence-electron chi connectivity index (χ3n) is 3.33. The van der Waals surface area contributed by atoms with Crippen LogP contribution < -0.4 is 9.47 Å². The second-order valence-corrected chi connectivity index (χ2v) is 10.0. The first kappa shape index (κ1) is 24.8. The van der Waals surface area contributed by atoms with E-state index in [1.807, 2.05) is 26.0 Å². The molecular weight excluding hydrogens is 565 g/mol. The van der Waals surface area contributed by atoms with E-state index in [0.29, 0.717) is 36.3 Å². The molecule has 1 aromatic carbocycles. The molecule has 0 unspecified atom stereocenters. The largest absolute Gasteiger partial charge is 0.491 e. The molecule has 0 aliphatic heterocycles. The molecule has 0 N–H and O–H groups in total. The molecule has 4 nitrogen and oxygen atoms in total. The highest BCUT2D eigenvalue weighted by atomic mass is 79.9. The molecule has 0 aliphatic rings. The number of unbranched alkanes of at least 4 members (excludes halogenated alkanes) is 4. The van der Waals surface area contributed by atoms with E-state index >= 15 is 0 Å². The van der Waals surface area contributed by atoms with Gasteiger partial charge in [0.25, 0.3) is 0 Å². The topological polar surface area (TPSA) is 40.0 Å². The van der Waals surface area contributed by atoms with E-state index in [1.54, 1.807) is 6.07 Å². The van der Waals surface area contributed by atoms with Gasteiger partial charge in [0.05, 0.1) is 25.2 Å². The maximum atomic E-state index is 6.32. The molecule has 1 rings (SSSR count). The van der Waals surface area contributed by atoms with Gasteiger partial charge in [-0.3, -0.25) is 0 Å². The van der Waals surface area contributed by atoms with E-state index in [0.717, 1.165) is 45.7 Å². The van der Waals surface area contributed by atoms with Crippen LogP contribution in [-0.2, 0) is 4.84 Å². The molecule has 0 saturated heterocycles. The fourth-order valence-electron chi connectivity index (χ4n) is 2.11. The molecule has 152 valence electrons. The Hall–Kier alpha value is -0.240. The summed E-state index contributed by atoms with van der Waals surface area (Å²) in [6.07, 6.45) is 7.26. The molecule has 1 aromatic rings. The third-order valence-corrected chi connectivity index (χ3v) is 4.85. The van der Waals surface area contributed by atoms with Gasteiger partial charge in [0, 0.05) is 6.07 Å². The Morgan fingerprint density at radius 2 is 1.70 bits per heavy atom. The summed E-state index contributed by atoms with van der Waals surface area (Å²) in [6.45, 7) is 5.59. The third kappa shape index (κ3) is 12.0. The first-order chi connectivity index (χ1) is 12.9. The van der Waals surface area contributed by atoms with Crippen LogP contribution in [0.1, 0.15) is 46.0 Å². The van der Waals surface area contributed by atoms with Crippen LogP contribution in [0.15, 0.2) is 31.2 Å². The van der Waals surface area contributed by atoms with Gasteiger partial charge in [0.2, 0.25) is 0 Å². The summed E-state index contributed by atoms with van der Waals surface area (Å²) in [5, 5.41) is 4.45. The van der Waals surface area contributed by atoms with Gasteiger partial charge in [0.15, 0.2) is 5.75 Å². The Labute approximate surface area is 192 Å². The smallest absolute Gasteiger partial charge is 0.152 e. The molecule has 8 heteroatoms. The summed E-state index contributed by atoms with van der Waals surface area (Å²) < 4.78 is 13.1. The maximum Gasteiger partial charge on any atom is 0.152 e. The average molecular weight is 591 g/mol. The molecule has 0 saturated carbocycles. The summed E-state index contributed by atoms with van der Waals surface area (Å²) >= 11 is 16.4. The minimum absolute atomic E-state index is 0.435. The van der Waals surface area contributed by atoms with E-state index in [-0.39, 0.29) is 0 Å². The molecular formula is C19H25Br3ClNO3. The summed E-state index contributed by atoms with van der Waals surface area (Å²) in [7, 11) is 0. The lowest BCUT2D eigenvalue weighted by molar-refractivity contribution is 0.139. The van der Waals surface area contributed by atoms with Crippen molar-refractivity contribution in [3.8, 4) is 11.5 Å². The van der Waals surface area contributed by atoms with Crippen LogP contribution in [-0.4, -0.2) is 25.5 Å². The minimum Gasteiger partial charge on any atom is -0.491 e. The standard InChI is InChI=1S/C19H25Br3ClNO3/c1-14(2)24-27-10-7-5-3-4-6-9-26-19-16(20)12-15(13-17(19)23)25-11-8-18(21)22/h8,12-13H,3-7,9-11H2,1-2H3. The van der Waals surface area contributed by atoms with Crippen molar-refractivity contribution in [2.75, 3.05) is 19.8 Å². The summed E-state index contributed by atoms with van der Waals surface area (Å²) in [5.41, 5.74) is 0.945. The monoisotopic (exact) mass is 587 g/mol. The second kappa shape index (κ2) is 14.7. The van der Waals surface area contributed by atoms with E-state index in [9.17, 15) is 0 Å². The number of halogens is 4. The zero-order chi connectivity index (χ0) is 20.1. The lowest BCUT2D eigenvalue weighted by Crippen LogP contribution is -2.00. The van der Waals surface area contributed by atoms with Crippen molar-refractivity contribution in [2.24, 2.45) is 5.16 Å². The number of hydrogen-bond acceptors (Lipinski definition) is 4. The van der Waals surface area contributed by atoms with Gasteiger partial charge in [-0.05, 0) is 93.0 Å². The van der Waals surface area contributed by atoms with Crippen molar-refractivity contribution < 1.29 is 14.3 Å². The second-order valence-electron chi connectivity index (χ2n) is 6.01. The Balaban J connectivity index is 2.24. The van der Waals surface area contributed by atoms with Crippen molar-refractivity contribution in [3.63, 3.8) is 0 Å². The van der Waals surface area contributed by atoms with Crippen LogP contribution in [0.25, 0.3) is 0 Å². The minimum atomic E-state index is 0.435. The van der Waals surface area contributed by atoms with E-state index in [1.165, 1.54) is 0 Å². The van der Waals surface area contributed by atoms with Crippen LogP contribution in [0.5, 0.6) is 11.5 Å². The van der Waals surface area contributed by atoms with Crippen molar-refractivity contribution in [1.82, 2.24) is 0 Å². The van der Waals surface area contributed by atoms with Crippen LogP contribution >= 0.6 is 59.4 Å². The molecule has 0 aliphatic carbocycles. The molecule has 0 bridgehead atoms. The van der Waals surface area contributed by atoms with Gasteiger partial charge in [-0.15, -0.1) is 0 Å². The van der Waals surface area contributed by atoms with Crippen molar-refractivity contribution >= 4 is 65.1 Å². The predicted octanol–water partition coefficient (Wildman–Crippen LogP) is 7.85. The van der Waals surface area contributed by atoms with Gasteiger partial charge < -0.3 is 14.3 Å². The molecule has 0 aromatic heterocycles. The van der Waals surface area contributed by atoms with Crippen LogP contribution in [0.2, 0.25) is 5.02 Å². The predicted molar refractivity (Wildman–Crippen MR) is 124 cm³/mol. The summed E-state index contributed by atoms with van der Waals surface area (Å²) in [6, 6.07) is 3.62. The van der Waals surface area contributed by atoms with Crippen molar-refractivity contribution in [1.29, 1.82) is 0 Å². The van der Waals surface area contributed by atoms with Gasteiger partial charge in [-0.1, -0.05) is 29.6 Å². The van der Waals surface area contributed by atoms with E-state index < -0.39 is 0 Å². The Morgan fingerprint density at radius 3 is 2.33 bits per heavy atom. The molecule has 27 heavy (non-hydrogen) atoms. The number of rotatable bonds is 13. The lowest BCUT2D eigenvalue weighted by Gasteiger charge is -2.12. The van der Waals surface area contributed by atoms with Crippen LogP contribution in [0.3, 0.4) is 0 Å². The fourth-order valence-corrected chi connectivity index (χ4v) is 3.30. The average Bonchev–Trinajstić information content (AvgIpc) is 2.58. The Morgan fingerprint density at radius 1 is 1.04 bits per heavy atom. The van der Waals surface area contributed by atoms with Gasteiger partial charge in [-0.25, -0.2) is 0 Å². The highest BCUT2D eigenvalue weighted by molar-refractivity contribution is 9.28. The highest BCUT2D eigenvalue weighted by Crippen LogP contribution is 2.37. The lowest BCUT2D eigenvalue weighted by atomic mass is 10.1.